The highest BCUT2D eigenvalue weighted by molar-refractivity contribution is 5.94. The SMILES string of the molecule is O=C(O)c1ccccc1N1CCn2cnnc2C1. The number of carboxylic acids is 1. The van der Waals surface area contributed by atoms with E-state index in [0.717, 1.165) is 24.6 Å². The van der Waals surface area contributed by atoms with Crippen molar-refractivity contribution in [1.29, 1.82) is 0 Å². The van der Waals surface area contributed by atoms with Crippen LogP contribution in [0.4, 0.5) is 5.69 Å². The van der Waals surface area contributed by atoms with Gasteiger partial charge in [-0.2, -0.15) is 0 Å². The zero-order chi connectivity index (χ0) is 12.5. The van der Waals surface area contributed by atoms with Gasteiger partial charge in [0.1, 0.15) is 6.33 Å². The number of nitrogens with zero attached hydrogens (tertiary/aromatic N) is 4. The van der Waals surface area contributed by atoms with E-state index in [-0.39, 0.29) is 0 Å². The van der Waals surface area contributed by atoms with E-state index in [1.54, 1.807) is 18.5 Å². The third kappa shape index (κ3) is 1.71. The molecule has 2 heterocycles. The fourth-order valence-corrected chi connectivity index (χ4v) is 2.20. The molecule has 1 N–H and O–H groups in total. The number of hydrogen-bond acceptors (Lipinski definition) is 4. The average Bonchev–Trinajstić information content (AvgIpc) is 2.85. The van der Waals surface area contributed by atoms with Crippen LogP contribution in [-0.4, -0.2) is 32.4 Å². The lowest BCUT2D eigenvalue weighted by Gasteiger charge is -2.29. The largest absolute Gasteiger partial charge is 0.478 e. The van der Waals surface area contributed by atoms with E-state index >= 15 is 0 Å². The number of anilines is 1. The first-order valence-electron chi connectivity index (χ1n) is 5.69. The van der Waals surface area contributed by atoms with Crippen LogP contribution in [0.3, 0.4) is 0 Å². The van der Waals surface area contributed by atoms with E-state index in [2.05, 4.69) is 10.2 Å². The first-order valence-corrected chi connectivity index (χ1v) is 5.69. The van der Waals surface area contributed by atoms with Crippen molar-refractivity contribution in [2.75, 3.05) is 11.4 Å². The van der Waals surface area contributed by atoms with Crippen LogP contribution >= 0.6 is 0 Å². The number of rotatable bonds is 2. The van der Waals surface area contributed by atoms with Gasteiger partial charge in [0.05, 0.1) is 17.8 Å². The van der Waals surface area contributed by atoms with Crippen LogP contribution in [-0.2, 0) is 13.1 Å². The van der Waals surface area contributed by atoms with Gasteiger partial charge in [0.25, 0.3) is 0 Å². The van der Waals surface area contributed by atoms with Crippen molar-refractivity contribution in [2.45, 2.75) is 13.1 Å². The first kappa shape index (κ1) is 10.8. The van der Waals surface area contributed by atoms with Gasteiger partial charge in [-0.3, -0.25) is 0 Å². The van der Waals surface area contributed by atoms with Gasteiger partial charge < -0.3 is 14.6 Å². The molecule has 0 amide bonds. The standard InChI is InChI=1S/C12H12N4O2/c17-12(18)9-3-1-2-4-10(9)15-5-6-16-8-13-14-11(16)7-15/h1-4,8H,5-7H2,(H,17,18). The van der Waals surface area contributed by atoms with Crippen molar-refractivity contribution in [3.8, 4) is 0 Å². The maximum Gasteiger partial charge on any atom is 0.337 e. The summed E-state index contributed by atoms with van der Waals surface area (Å²) in [4.78, 5) is 13.2. The molecule has 0 saturated heterocycles. The lowest BCUT2D eigenvalue weighted by Crippen LogP contribution is -2.34. The Hall–Kier alpha value is -2.37. The molecule has 1 aromatic carbocycles. The van der Waals surface area contributed by atoms with Gasteiger partial charge in [-0.05, 0) is 12.1 Å². The molecule has 92 valence electrons. The zero-order valence-corrected chi connectivity index (χ0v) is 9.65. The van der Waals surface area contributed by atoms with Gasteiger partial charge in [0.15, 0.2) is 5.82 Å². The maximum atomic E-state index is 11.2. The fraction of sp³-hybridized carbons (Fsp3) is 0.250. The third-order valence-electron chi connectivity index (χ3n) is 3.11. The number of hydrogen-bond donors (Lipinski definition) is 1. The molecule has 1 aliphatic rings. The Balaban J connectivity index is 1.95. The van der Waals surface area contributed by atoms with Crippen LogP contribution < -0.4 is 4.90 Å². The van der Waals surface area contributed by atoms with E-state index in [4.69, 9.17) is 0 Å². The highest BCUT2D eigenvalue weighted by Crippen LogP contribution is 2.24. The molecule has 18 heavy (non-hydrogen) atoms. The van der Waals surface area contributed by atoms with Crippen molar-refractivity contribution in [2.24, 2.45) is 0 Å². The summed E-state index contributed by atoms with van der Waals surface area (Å²) in [6.45, 7) is 2.12. The van der Waals surface area contributed by atoms with E-state index < -0.39 is 5.97 Å². The highest BCUT2D eigenvalue weighted by Gasteiger charge is 2.21. The molecule has 6 nitrogen and oxygen atoms in total. The molecule has 0 fully saturated rings. The Kier molecular flexibility index (Phi) is 2.47. The number of aromatic nitrogens is 3. The second kappa shape index (κ2) is 4.14. The second-order valence-corrected chi connectivity index (χ2v) is 4.18. The highest BCUT2D eigenvalue weighted by atomic mass is 16.4. The second-order valence-electron chi connectivity index (χ2n) is 4.18. The van der Waals surface area contributed by atoms with Crippen LogP contribution in [0.25, 0.3) is 0 Å². The van der Waals surface area contributed by atoms with Crippen molar-refractivity contribution in [3.63, 3.8) is 0 Å². The number of para-hydroxylation sites is 1. The third-order valence-corrected chi connectivity index (χ3v) is 3.11. The maximum absolute atomic E-state index is 11.2. The predicted molar refractivity (Wildman–Crippen MR) is 64.5 cm³/mol. The Morgan fingerprint density at radius 3 is 2.94 bits per heavy atom. The van der Waals surface area contributed by atoms with Gasteiger partial charge in [0, 0.05) is 13.1 Å². The summed E-state index contributed by atoms with van der Waals surface area (Å²) in [6, 6.07) is 7.03. The number of aromatic carboxylic acids is 1. The molecule has 1 aromatic heterocycles. The lowest BCUT2D eigenvalue weighted by molar-refractivity contribution is 0.0697. The van der Waals surface area contributed by atoms with Crippen LogP contribution in [0.15, 0.2) is 30.6 Å². The summed E-state index contributed by atoms with van der Waals surface area (Å²) >= 11 is 0. The number of fused-ring (bicyclic) bond motifs is 1. The molecule has 0 spiro atoms. The van der Waals surface area contributed by atoms with E-state index in [1.807, 2.05) is 21.6 Å². The van der Waals surface area contributed by atoms with Crippen molar-refractivity contribution < 1.29 is 9.90 Å². The molecule has 3 rings (SSSR count). The van der Waals surface area contributed by atoms with Crippen LogP contribution in [0.5, 0.6) is 0 Å². The topological polar surface area (TPSA) is 71.2 Å². The van der Waals surface area contributed by atoms with Crippen molar-refractivity contribution in [1.82, 2.24) is 14.8 Å². The Bertz CT molecular complexity index is 593. The predicted octanol–water partition coefficient (Wildman–Crippen LogP) is 0.996. The molecule has 0 bridgehead atoms. The summed E-state index contributed by atoms with van der Waals surface area (Å²) in [5.74, 6) is -0.0425. The zero-order valence-electron chi connectivity index (χ0n) is 9.65. The fourth-order valence-electron chi connectivity index (χ4n) is 2.20. The van der Waals surface area contributed by atoms with Gasteiger partial charge in [-0.1, -0.05) is 12.1 Å². The van der Waals surface area contributed by atoms with Gasteiger partial charge in [-0.25, -0.2) is 4.79 Å². The molecule has 0 aliphatic carbocycles. The summed E-state index contributed by atoms with van der Waals surface area (Å²) in [6.07, 6.45) is 1.70. The minimum absolute atomic E-state index is 0.325. The Morgan fingerprint density at radius 1 is 1.28 bits per heavy atom. The van der Waals surface area contributed by atoms with Gasteiger partial charge in [-0.15, -0.1) is 10.2 Å². The van der Waals surface area contributed by atoms with Gasteiger partial charge >= 0.3 is 5.97 Å². The summed E-state index contributed by atoms with van der Waals surface area (Å²) in [5, 5.41) is 17.1. The molecule has 2 aromatic rings. The van der Waals surface area contributed by atoms with Crippen LogP contribution in [0, 0.1) is 0 Å². The number of carbonyl (C=O) groups is 1. The summed E-state index contributed by atoms with van der Waals surface area (Å²) in [7, 11) is 0. The molecule has 6 heteroatoms. The monoisotopic (exact) mass is 244 g/mol. The van der Waals surface area contributed by atoms with Crippen LogP contribution in [0.2, 0.25) is 0 Å². The number of benzene rings is 1. The quantitative estimate of drug-likeness (QED) is 0.853. The minimum Gasteiger partial charge on any atom is -0.478 e. The average molecular weight is 244 g/mol. The van der Waals surface area contributed by atoms with Crippen molar-refractivity contribution >= 4 is 11.7 Å². The van der Waals surface area contributed by atoms with Crippen LogP contribution in [0.1, 0.15) is 16.2 Å². The molecule has 0 radical (unpaired) electrons. The minimum atomic E-state index is -0.905. The van der Waals surface area contributed by atoms with Crippen molar-refractivity contribution in [3.05, 3.63) is 42.0 Å². The number of carboxylic acid groups (broad SMARTS) is 1. The van der Waals surface area contributed by atoms with E-state index in [9.17, 15) is 9.90 Å². The Labute approximate surface area is 103 Å². The van der Waals surface area contributed by atoms with E-state index in [1.165, 1.54) is 0 Å². The van der Waals surface area contributed by atoms with E-state index in [0.29, 0.717) is 12.1 Å². The van der Waals surface area contributed by atoms with Gasteiger partial charge in [0.2, 0.25) is 0 Å². The molecular formula is C12H12N4O2. The Morgan fingerprint density at radius 2 is 2.11 bits per heavy atom. The molecule has 0 saturated carbocycles. The normalized spacial score (nSPS) is 14.3. The molecule has 1 aliphatic heterocycles. The lowest BCUT2D eigenvalue weighted by atomic mass is 10.1. The summed E-state index contributed by atoms with van der Waals surface area (Å²) in [5.41, 5.74) is 1.06. The summed E-state index contributed by atoms with van der Waals surface area (Å²) < 4.78 is 1.99. The first-order chi connectivity index (χ1) is 8.75. The molecule has 0 unspecified atom stereocenters. The molecule has 0 atom stereocenters. The molecular weight excluding hydrogens is 232 g/mol. The smallest absolute Gasteiger partial charge is 0.337 e.